The van der Waals surface area contributed by atoms with Gasteiger partial charge in [-0.1, -0.05) is 22.0 Å². The number of hydrogen-bond donors (Lipinski definition) is 1. The number of carboxylic acids is 1. The minimum Gasteiger partial charge on any atom is -0.478 e. The molecule has 2 rings (SSSR count). The van der Waals surface area contributed by atoms with Crippen LogP contribution in [0.4, 0.5) is 8.78 Å². The highest BCUT2D eigenvalue weighted by Crippen LogP contribution is 2.21. The fourth-order valence-electron chi connectivity index (χ4n) is 2.23. The Morgan fingerprint density at radius 2 is 2.08 bits per heavy atom. The van der Waals surface area contributed by atoms with Crippen molar-refractivity contribution in [3.05, 3.63) is 67.5 Å². The van der Waals surface area contributed by atoms with Crippen molar-refractivity contribution in [2.75, 3.05) is 13.7 Å². The highest BCUT2D eigenvalue weighted by molar-refractivity contribution is 9.10. The van der Waals surface area contributed by atoms with E-state index < -0.39 is 23.2 Å². The molecule has 0 fully saturated rings. The van der Waals surface area contributed by atoms with Crippen LogP contribution in [0.1, 0.15) is 21.5 Å². The van der Waals surface area contributed by atoms with E-state index >= 15 is 0 Å². The van der Waals surface area contributed by atoms with E-state index in [-0.39, 0.29) is 36.3 Å². The van der Waals surface area contributed by atoms with Crippen LogP contribution in [-0.4, -0.2) is 29.4 Å². The van der Waals surface area contributed by atoms with Gasteiger partial charge in [0.15, 0.2) is 5.82 Å². The highest BCUT2D eigenvalue weighted by Gasteiger charge is 2.21. The van der Waals surface area contributed by atoms with E-state index in [0.29, 0.717) is 4.47 Å². The monoisotopic (exact) mass is 401 g/mol. The molecule has 0 aliphatic rings. The van der Waals surface area contributed by atoms with Crippen molar-refractivity contribution in [3.8, 4) is 0 Å². The molecule has 0 amide bonds. The number of ether oxygens (including phenoxy) is 1. The summed E-state index contributed by atoms with van der Waals surface area (Å²) in [6.07, 6.45) is 0.714. The molecule has 1 N–H and O–H groups in total. The molecule has 1 aromatic carbocycles. The number of carbonyl (C=O) groups is 1. The molecular weight excluding hydrogens is 388 g/mol. The first kappa shape index (κ1) is 18.3. The molecule has 1 aromatic heterocycles. The third kappa shape index (κ3) is 3.88. The molecule has 0 bridgehead atoms. The van der Waals surface area contributed by atoms with Crippen molar-refractivity contribution in [3.63, 3.8) is 0 Å². The van der Waals surface area contributed by atoms with Crippen molar-refractivity contribution >= 4 is 21.9 Å². The molecule has 0 spiro atoms. The third-order valence-electron chi connectivity index (χ3n) is 3.47. The molecule has 128 valence electrons. The van der Waals surface area contributed by atoms with Crippen LogP contribution in [0.25, 0.3) is 0 Å². The smallest absolute Gasteiger partial charge is 0.337 e. The topological polar surface area (TPSA) is 68.5 Å². The largest absolute Gasteiger partial charge is 0.478 e. The van der Waals surface area contributed by atoms with Gasteiger partial charge >= 0.3 is 5.97 Å². The molecule has 5 nitrogen and oxygen atoms in total. The molecule has 0 radical (unpaired) electrons. The van der Waals surface area contributed by atoms with Crippen LogP contribution in [0.5, 0.6) is 0 Å². The minimum atomic E-state index is -1.40. The van der Waals surface area contributed by atoms with Crippen LogP contribution in [0.2, 0.25) is 0 Å². The summed E-state index contributed by atoms with van der Waals surface area (Å²) in [5.41, 5.74) is -1.61. The number of benzene rings is 1. The average Bonchev–Trinajstić information content (AvgIpc) is 2.53. The van der Waals surface area contributed by atoms with Crippen LogP contribution in [0.3, 0.4) is 0 Å². The number of hydrogen-bond acceptors (Lipinski definition) is 3. The molecule has 24 heavy (non-hydrogen) atoms. The van der Waals surface area contributed by atoms with Crippen LogP contribution < -0.4 is 5.56 Å². The van der Waals surface area contributed by atoms with Crippen molar-refractivity contribution in [1.82, 2.24) is 4.57 Å². The Labute approximate surface area is 144 Å². The van der Waals surface area contributed by atoms with Crippen molar-refractivity contribution in [1.29, 1.82) is 0 Å². The summed E-state index contributed by atoms with van der Waals surface area (Å²) in [6.45, 7) is 0.137. The Morgan fingerprint density at radius 3 is 2.67 bits per heavy atom. The van der Waals surface area contributed by atoms with E-state index in [1.165, 1.54) is 19.2 Å². The Bertz CT molecular complexity index is 836. The summed E-state index contributed by atoms with van der Waals surface area (Å²) >= 11 is 3.11. The van der Waals surface area contributed by atoms with E-state index in [2.05, 4.69) is 15.9 Å². The summed E-state index contributed by atoms with van der Waals surface area (Å²) in [4.78, 5) is 23.5. The lowest BCUT2D eigenvalue weighted by Gasteiger charge is -2.12. The maximum atomic E-state index is 14.4. The van der Waals surface area contributed by atoms with Gasteiger partial charge in [0, 0.05) is 36.3 Å². The summed E-state index contributed by atoms with van der Waals surface area (Å²) in [6, 6.07) is 4.14. The zero-order valence-electron chi connectivity index (χ0n) is 12.7. The van der Waals surface area contributed by atoms with Crippen molar-refractivity contribution < 1.29 is 23.4 Å². The average molecular weight is 402 g/mol. The third-order valence-corrected chi connectivity index (χ3v) is 3.97. The van der Waals surface area contributed by atoms with E-state index in [1.807, 2.05) is 0 Å². The van der Waals surface area contributed by atoms with Gasteiger partial charge in [0.1, 0.15) is 5.82 Å². The van der Waals surface area contributed by atoms with E-state index in [9.17, 15) is 23.5 Å². The van der Waals surface area contributed by atoms with Gasteiger partial charge in [-0.2, -0.15) is 0 Å². The zero-order valence-corrected chi connectivity index (χ0v) is 14.3. The number of halogens is 3. The number of aromatic nitrogens is 1. The predicted molar refractivity (Wildman–Crippen MR) is 86.4 cm³/mol. The predicted octanol–water partition coefficient (Wildman–Crippen LogP) is 2.82. The first-order valence-corrected chi connectivity index (χ1v) is 7.72. The number of nitrogens with zero attached hydrogens (tertiary/aromatic N) is 1. The van der Waals surface area contributed by atoms with Gasteiger partial charge < -0.3 is 14.4 Å². The molecule has 2 aromatic rings. The van der Waals surface area contributed by atoms with Crippen molar-refractivity contribution in [2.24, 2.45) is 0 Å². The molecule has 0 aliphatic carbocycles. The second kappa shape index (κ2) is 7.67. The van der Waals surface area contributed by atoms with Gasteiger partial charge in [-0.3, -0.25) is 4.79 Å². The Balaban J connectivity index is 2.54. The van der Waals surface area contributed by atoms with Gasteiger partial charge in [-0.25, -0.2) is 13.6 Å². The van der Waals surface area contributed by atoms with E-state index in [1.54, 1.807) is 6.07 Å². The number of aromatic carboxylic acids is 1. The van der Waals surface area contributed by atoms with Crippen LogP contribution >= 0.6 is 15.9 Å². The maximum Gasteiger partial charge on any atom is 0.337 e. The fourth-order valence-corrected chi connectivity index (χ4v) is 2.57. The molecular formula is C16H14BrF2NO4. The minimum absolute atomic E-state index is 0.0134. The second-order valence-corrected chi connectivity index (χ2v) is 5.96. The summed E-state index contributed by atoms with van der Waals surface area (Å²) < 4.78 is 34.6. The normalized spacial score (nSPS) is 10.8. The van der Waals surface area contributed by atoms with Crippen LogP contribution in [0.15, 0.2) is 33.7 Å². The van der Waals surface area contributed by atoms with Crippen LogP contribution in [0, 0.1) is 11.6 Å². The Morgan fingerprint density at radius 1 is 1.38 bits per heavy atom. The van der Waals surface area contributed by atoms with Gasteiger partial charge in [0.25, 0.3) is 5.56 Å². The first-order valence-electron chi connectivity index (χ1n) is 6.93. The van der Waals surface area contributed by atoms with Crippen molar-refractivity contribution in [2.45, 2.75) is 13.0 Å². The van der Waals surface area contributed by atoms with E-state index in [4.69, 9.17) is 4.74 Å². The lowest BCUT2D eigenvalue weighted by atomic mass is 10.0. The number of rotatable bonds is 6. The summed E-state index contributed by atoms with van der Waals surface area (Å²) in [5.74, 6) is -3.22. The molecule has 0 saturated carbocycles. The number of pyridine rings is 1. The highest BCUT2D eigenvalue weighted by atomic mass is 79.9. The maximum absolute atomic E-state index is 14.4. The first-order chi connectivity index (χ1) is 11.3. The molecule has 0 saturated heterocycles. The zero-order chi connectivity index (χ0) is 17.9. The Hall–Kier alpha value is -2.06. The Kier molecular flexibility index (Phi) is 5.84. The van der Waals surface area contributed by atoms with Gasteiger partial charge in [0.2, 0.25) is 0 Å². The molecule has 0 unspecified atom stereocenters. The second-order valence-electron chi connectivity index (χ2n) is 5.04. The lowest BCUT2D eigenvalue weighted by Crippen LogP contribution is -2.28. The number of carboxylic acid groups (broad SMARTS) is 1. The summed E-state index contributed by atoms with van der Waals surface area (Å²) in [7, 11) is 1.41. The standard InChI is InChI=1S/C16H14BrF2NO4/c1-24-5-4-20-8-12(16(22)23)11(14(19)15(20)21)6-9-2-3-10(17)7-13(9)18/h2-3,7-8H,4-6H2,1H3,(H,22,23). The summed E-state index contributed by atoms with van der Waals surface area (Å²) in [5, 5.41) is 9.31. The lowest BCUT2D eigenvalue weighted by molar-refractivity contribution is 0.0693. The molecule has 8 heteroatoms. The quantitative estimate of drug-likeness (QED) is 0.807. The molecule has 0 aliphatic heterocycles. The van der Waals surface area contributed by atoms with Gasteiger partial charge in [-0.05, 0) is 17.7 Å². The van der Waals surface area contributed by atoms with Gasteiger partial charge in [-0.15, -0.1) is 0 Å². The fraction of sp³-hybridized carbons (Fsp3) is 0.250. The van der Waals surface area contributed by atoms with E-state index in [0.717, 1.165) is 10.8 Å². The number of methoxy groups -OCH3 is 1. The molecule has 1 heterocycles. The van der Waals surface area contributed by atoms with Gasteiger partial charge in [0.05, 0.1) is 12.2 Å². The molecule has 0 atom stereocenters. The van der Waals surface area contributed by atoms with Crippen LogP contribution in [-0.2, 0) is 17.7 Å². The SMILES string of the molecule is COCCn1cc(C(=O)O)c(Cc2ccc(Br)cc2F)c(F)c1=O.